The molecule has 3 aromatic carbocycles. The van der Waals surface area contributed by atoms with Crippen molar-refractivity contribution in [2.75, 3.05) is 0 Å². The lowest BCUT2D eigenvalue weighted by Gasteiger charge is -2.20. The Hall–Kier alpha value is -3.55. The predicted octanol–water partition coefficient (Wildman–Crippen LogP) is 4.43. The quantitative estimate of drug-likeness (QED) is 0.435. The molecule has 0 amide bonds. The van der Waals surface area contributed by atoms with E-state index in [1.807, 2.05) is 50.5 Å². The monoisotopic (exact) mass is 445 g/mol. The first-order valence-electron chi connectivity index (χ1n) is 10.2. The van der Waals surface area contributed by atoms with Gasteiger partial charge in [0.25, 0.3) is 0 Å². The lowest BCUT2D eigenvalue weighted by Crippen LogP contribution is -2.20. The van der Waals surface area contributed by atoms with E-state index in [1.165, 1.54) is 0 Å². The summed E-state index contributed by atoms with van der Waals surface area (Å²) in [6, 6.07) is 23.5. The van der Waals surface area contributed by atoms with Gasteiger partial charge in [0, 0.05) is 59.8 Å². The molecule has 0 unspecified atom stereocenters. The van der Waals surface area contributed by atoms with Gasteiger partial charge >= 0.3 is 10.3 Å². The third kappa shape index (κ3) is 3.45. The number of aromatic nitrogens is 2. The van der Waals surface area contributed by atoms with Crippen LogP contribution >= 0.6 is 0 Å². The van der Waals surface area contributed by atoms with Crippen LogP contribution in [0.3, 0.4) is 0 Å². The molecule has 6 nitrogen and oxygen atoms in total. The molecular weight excluding hydrogens is 422 g/mol. The second kappa shape index (κ2) is 7.55. The number of hydrogen-bond donors (Lipinski definition) is 1. The highest BCUT2D eigenvalue weighted by atomic mass is 32.2. The minimum absolute atomic E-state index is 0.223. The molecule has 0 bridgehead atoms. The molecule has 5 aromatic rings. The van der Waals surface area contributed by atoms with E-state index >= 15 is 0 Å². The van der Waals surface area contributed by atoms with Gasteiger partial charge in [-0.05, 0) is 29.3 Å². The second-order valence-electron chi connectivity index (χ2n) is 7.97. The van der Waals surface area contributed by atoms with Crippen molar-refractivity contribution in [3.63, 3.8) is 0 Å². The van der Waals surface area contributed by atoms with Crippen molar-refractivity contribution in [2.24, 2.45) is 19.2 Å². The van der Waals surface area contributed by atoms with Crippen molar-refractivity contribution in [1.29, 1.82) is 0 Å². The summed E-state index contributed by atoms with van der Waals surface area (Å²) in [5, 5.41) is 7.44. The molecule has 5 rings (SSSR count). The number of nitrogens with zero attached hydrogens (tertiary/aromatic N) is 2. The Labute approximate surface area is 186 Å². The lowest BCUT2D eigenvalue weighted by atomic mass is 9.84. The first-order chi connectivity index (χ1) is 15.3. The molecule has 0 radical (unpaired) electrons. The zero-order chi connectivity index (χ0) is 22.5. The van der Waals surface area contributed by atoms with Gasteiger partial charge in [-0.15, -0.1) is 0 Å². The summed E-state index contributed by atoms with van der Waals surface area (Å²) in [6.07, 6.45) is 4.20. The number of para-hydroxylation sites is 3. The molecule has 0 saturated heterocycles. The summed E-state index contributed by atoms with van der Waals surface area (Å²) in [6.45, 7) is 0. The molecule has 7 heteroatoms. The largest absolute Gasteiger partial charge is 0.380 e. The van der Waals surface area contributed by atoms with E-state index in [0.29, 0.717) is 0 Å². The maximum absolute atomic E-state index is 11.8. The normalized spacial score (nSPS) is 12.1. The van der Waals surface area contributed by atoms with Crippen LogP contribution in [0, 0.1) is 0 Å². The zero-order valence-electron chi connectivity index (χ0n) is 17.8. The van der Waals surface area contributed by atoms with E-state index in [2.05, 4.69) is 45.8 Å². The van der Waals surface area contributed by atoms with Gasteiger partial charge < -0.3 is 13.3 Å². The average molecular weight is 446 g/mol. The van der Waals surface area contributed by atoms with Crippen LogP contribution in [-0.4, -0.2) is 17.6 Å². The number of benzene rings is 3. The van der Waals surface area contributed by atoms with Gasteiger partial charge in [0.05, 0.1) is 0 Å². The van der Waals surface area contributed by atoms with Crippen LogP contribution in [0.15, 0.2) is 85.2 Å². The summed E-state index contributed by atoms with van der Waals surface area (Å²) in [5.41, 5.74) is 5.04. The lowest BCUT2D eigenvalue weighted by molar-refractivity contribution is 0.484. The Balaban J connectivity index is 1.86. The Kier molecular flexibility index (Phi) is 4.80. The number of fused-ring (bicyclic) bond motifs is 2. The van der Waals surface area contributed by atoms with Crippen LogP contribution in [0.4, 0.5) is 0 Å². The highest BCUT2D eigenvalue weighted by Crippen LogP contribution is 2.43. The van der Waals surface area contributed by atoms with Crippen LogP contribution in [0.1, 0.15) is 22.6 Å². The Morgan fingerprint density at radius 3 is 1.72 bits per heavy atom. The summed E-state index contributed by atoms with van der Waals surface area (Å²) < 4.78 is 33.1. The third-order valence-corrected chi connectivity index (χ3v) is 6.33. The third-order valence-electron chi connectivity index (χ3n) is 5.91. The van der Waals surface area contributed by atoms with Crippen molar-refractivity contribution >= 4 is 32.1 Å². The molecule has 2 N–H and O–H groups in total. The van der Waals surface area contributed by atoms with E-state index in [9.17, 15) is 8.42 Å². The first kappa shape index (κ1) is 20.4. The van der Waals surface area contributed by atoms with Gasteiger partial charge in [0.1, 0.15) is 5.75 Å². The molecule has 2 heterocycles. The zero-order valence-corrected chi connectivity index (χ0v) is 18.6. The van der Waals surface area contributed by atoms with Crippen LogP contribution in [0.2, 0.25) is 0 Å². The van der Waals surface area contributed by atoms with Crippen LogP contribution < -0.4 is 9.32 Å². The fourth-order valence-corrected chi connectivity index (χ4v) is 5.03. The van der Waals surface area contributed by atoms with Crippen molar-refractivity contribution < 1.29 is 12.6 Å². The first-order valence-corrected chi connectivity index (χ1v) is 11.7. The van der Waals surface area contributed by atoms with Gasteiger partial charge in [0.15, 0.2) is 0 Å². The summed E-state index contributed by atoms with van der Waals surface area (Å²) >= 11 is 0. The van der Waals surface area contributed by atoms with Crippen molar-refractivity contribution in [2.45, 2.75) is 5.92 Å². The van der Waals surface area contributed by atoms with Crippen molar-refractivity contribution in [3.8, 4) is 5.75 Å². The maximum Gasteiger partial charge on any atom is 0.380 e. The highest BCUT2D eigenvalue weighted by molar-refractivity contribution is 7.84. The molecule has 162 valence electrons. The molecule has 0 spiro atoms. The summed E-state index contributed by atoms with van der Waals surface area (Å²) in [5.74, 6) is -0.0500. The van der Waals surface area contributed by atoms with Crippen LogP contribution in [-0.2, 0) is 24.4 Å². The molecule has 0 fully saturated rings. The van der Waals surface area contributed by atoms with E-state index in [4.69, 9.17) is 9.32 Å². The molecule has 32 heavy (non-hydrogen) atoms. The summed E-state index contributed by atoms with van der Waals surface area (Å²) in [7, 11) is -0.157. The topological polar surface area (TPSA) is 79.2 Å². The summed E-state index contributed by atoms with van der Waals surface area (Å²) in [4.78, 5) is 0. The van der Waals surface area contributed by atoms with Gasteiger partial charge in [-0.3, -0.25) is 0 Å². The number of aryl methyl sites for hydroxylation is 2. The fraction of sp³-hybridized carbons (Fsp3) is 0.120. The predicted molar refractivity (Wildman–Crippen MR) is 127 cm³/mol. The molecule has 0 aliphatic carbocycles. The Morgan fingerprint density at radius 2 is 1.19 bits per heavy atom. The van der Waals surface area contributed by atoms with Crippen molar-refractivity contribution in [1.82, 2.24) is 9.13 Å². The van der Waals surface area contributed by atoms with E-state index in [-0.39, 0.29) is 11.7 Å². The molecular formula is C25H23N3O3S. The van der Waals surface area contributed by atoms with Crippen molar-refractivity contribution in [3.05, 3.63) is 102 Å². The molecule has 0 aliphatic heterocycles. The van der Waals surface area contributed by atoms with E-state index in [0.717, 1.165) is 38.5 Å². The SMILES string of the molecule is Cn1cc(C(c2ccccc2OS(N)(=O)=O)c2cn(C)c3ccccc23)c2ccccc21. The van der Waals surface area contributed by atoms with Gasteiger partial charge in [-0.2, -0.15) is 13.6 Å². The number of nitrogens with two attached hydrogens (primary N) is 1. The molecule has 0 atom stereocenters. The minimum Gasteiger partial charge on any atom is -0.371 e. The highest BCUT2D eigenvalue weighted by Gasteiger charge is 2.28. The molecule has 0 saturated carbocycles. The Bertz CT molecular complexity index is 1480. The molecule has 2 aromatic heterocycles. The van der Waals surface area contributed by atoms with Gasteiger partial charge in [-0.1, -0.05) is 54.6 Å². The number of rotatable bonds is 5. The van der Waals surface area contributed by atoms with E-state index < -0.39 is 10.3 Å². The standard InChI is InChI=1S/C25H23N3O3S/c1-27-15-20(17-9-3-6-12-22(17)27)25(19-11-5-8-14-24(19)31-32(26,29)30)21-16-28(2)23-13-7-4-10-18(21)23/h3-16,25H,1-2H3,(H2,26,29,30). The minimum atomic E-state index is -4.18. The number of hydrogen-bond acceptors (Lipinski definition) is 3. The Morgan fingerprint density at radius 1 is 0.719 bits per heavy atom. The van der Waals surface area contributed by atoms with Gasteiger partial charge in [-0.25, -0.2) is 0 Å². The fourth-order valence-electron chi connectivity index (χ4n) is 4.63. The molecule has 0 aliphatic rings. The van der Waals surface area contributed by atoms with E-state index in [1.54, 1.807) is 12.1 Å². The smallest absolute Gasteiger partial charge is 0.371 e. The second-order valence-corrected chi connectivity index (χ2v) is 9.12. The average Bonchev–Trinajstić information content (AvgIpc) is 3.27. The maximum atomic E-state index is 11.8. The van der Waals surface area contributed by atoms with Crippen LogP contribution in [0.25, 0.3) is 21.8 Å². The van der Waals surface area contributed by atoms with Gasteiger partial charge in [0.2, 0.25) is 0 Å². The van der Waals surface area contributed by atoms with Crippen LogP contribution in [0.5, 0.6) is 5.75 Å².